The van der Waals surface area contributed by atoms with E-state index in [9.17, 15) is 9.59 Å². The van der Waals surface area contributed by atoms with Crippen LogP contribution in [0, 0.1) is 0 Å². The van der Waals surface area contributed by atoms with Crippen LogP contribution in [0.3, 0.4) is 0 Å². The number of carboxylic acids is 2. The Balaban J connectivity index is 0. The Morgan fingerprint density at radius 2 is 1.79 bits per heavy atom. The van der Waals surface area contributed by atoms with Crippen molar-refractivity contribution in [2.24, 2.45) is 0 Å². The standard InChI is InChI=1S/C5H10O2.C5H8O2/c2*1-2-3-4-5(6)7/h2-4H2,1H3,(H,6,7);3-4H,2H2,1H3,(H,6,7). The summed E-state index contributed by atoms with van der Waals surface area (Å²) in [7, 11) is 0. The van der Waals surface area contributed by atoms with Crippen molar-refractivity contribution in [3.8, 4) is 0 Å². The second-order valence-electron chi connectivity index (χ2n) is 2.65. The summed E-state index contributed by atoms with van der Waals surface area (Å²) in [6, 6.07) is 0. The van der Waals surface area contributed by atoms with Crippen molar-refractivity contribution in [1.82, 2.24) is 0 Å². The van der Waals surface area contributed by atoms with Crippen molar-refractivity contribution in [3.63, 3.8) is 0 Å². The predicted octanol–water partition coefficient (Wildman–Crippen LogP) is 2.30. The minimum Gasteiger partial charge on any atom is -0.481 e. The molecule has 0 heterocycles. The van der Waals surface area contributed by atoms with Gasteiger partial charge in [-0.05, 0) is 12.8 Å². The Kier molecular flexibility index (Phi) is 12.7. The van der Waals surface area contributed by atoms with E-state index in [2.05, 4.69) is 0 Å². The van der Waals surface area contributed by atoms with Crippen LogP contribution in [0.15, 0.2) is 12.2 Å². The number of hydrogen-bond acceptors (Lipinski definition) is 2. The summed E-state index contributed by atoms with van der Waals surface area (Å²) in [5.41, 5.74) is 0. The molecule has 0 aliphatic rings. The van der Waals surface area contributed by atoms with Gasteiger partial charge in [-0.1, -0.05) is 26.3 Å². The topological polar surface area (TPSA) is 74.6 Å². The highest BCUT2D eigenvalue weighted by Crippen LogP contribution is 1.91. The fourth-order valence-corrected chi connectivity index (χ4v) is 0.547. The number of hydrogen-bond donors (Lipinski definition) is 2. The fraction of sp³-hybridized carbons (Fsp3) is 0.600. The normalized spacial score (nSPS) is 9.29. The second-order valence-corrected chi connectivity index (χ2v) is 2.65. The van der Waals surface area contributed by atoms with Gasteiger partial charge >= 0.3 is 11.9 Å². The summed E-state index contributed by atoms with van der Waals surface area (Å²) in [4.78, 5) is 19.4. The molecular weight excluding hydrogens is 184 g/mol. The van der Waals surface area contributed by atoms with Crippen LogP contribution in [0.1, 0.15) is 39.5 Å². The molecule has 0 rings (SSSR count). The van der Waals surface area contributed by atoms with E-state index in [1.54, 1.807) is 6.08 Å². The first kappa shape index (κ1) is 15.2. The van der Waals surface area contributed by atoms with Crippen LogP contribution < -0.4 is 0 Å². The highest BCUT2D eigenvalue weighted by atomic mass is 16.4. The fourth-order valence-electron chi connectivity index (χ4n) is 0.547. The van der Waals surface area contributed by atoms with E-state index in [0.29, 0.717) is 6.42 Å². The van der Waals surface area contributed by atoms with Crippen LogP contribution in [0.25, 0.3) is 0 Å². The third-order valence-electron chi connectivity index (χ3n) is 1.24. The Labute approximate surface area is 84.3 Å². The number of aliphatic carboxylic acids is 2. The van der Waals surface area contributed by atoms with Gasteiger partial charge in [0.05, 0.1) is 0 Å². The van der Waals surface area contributed by atoms with Gasteiger partial charge in [0.15, 0.2) is 0 Å². The molecule has 0 amide bonds. The first-order valence-electron chi connectivity index (χ1n) is 4.65. The lowest BCUT2D eigenvalue weighted by molar-refractivity contribution is -0.137. The molecule has 0 bridgehead atoms. The Hall–Kier alpha value is -1.32. The maximum atomic E-state index is 9.76. The number of carbonyl (C=O) groups is 2. The lowest BCUT2D eigenvalue weighted by Crippen LogP contribution is -1.91. The zero-order valence-corrected chi connectivity index (χ0v) is 8.69. The monoisotopic (exact) mass is 202 g/mol. The zero-order valence-electron chi connectivity index (χ0n) is 8.69. The summed E-state index contributed by atoms with van der Waals surface area (Å²) in [6.07, 6.45) is 5.60. The van der Waals surface area contributed by atoms with Crippen molar-refractivity contribution in [3.05, 3.63) is 12.2 Å². The molecule has 0 atom stereocenters. The molecule has 0 radical (unpaired) electrons. The Bertz CT molecular complexity index is 185. The summed E-state index contributed by atoms with van der Waals surface area (Å²) in [6.45, 7) is 3.86. The second kappa shape index (κ2) is 11.7. The molecule has 0 aromatic rings. The minimum absolute atomic E-state index is 0.316. The van der Waals surface area contributed by atoms with Gasteiger partial charge in [-0.3, -0.25) is 4.79 Å². The summed E-state index contributed by atoms with van der Waals surface area (Å²) in [5, 5.41) is 16.0. The molecule has 4 heteroatoms. The molecule has 0 aliphatic carbocycles. The van der Waals surface area contributed by atoms with Crippen molar-refractivity contribution >= 4 is 11.9 Å². The summed E-state index contributed by atoms with van der Waals surface area (Å²) >= 11 is 0. The Morgan fingerprint density at radius 3 is 1.93 bits per heavy atom. The number of rotatable bonds is 5. The minimum atomic E-state index is -0.873. The van der Waals surface area contributed by atoms with E-state index in [4.69, 9.17) is 10.2 Å². The molecule has 0 unspecified atom stereocenters. The average molecular weight is 202 g/mol. The molecule has 0 fully saturated rings. The summed E-state index contributed by atoms with van der Waals surface area (Å²) < 4.78 is 0. The first-order chi connectivity index (χ1) is 6.54. The maximum Gasteiger partial charge on any atom is 0.327 e. The molecule has 0 saturated carbocycles. The smallest absolute Gasteiger partial charge is 0.327 e. The van der Waals surface area contributed by atoms with Crippen molar-refractivity contribution in [2.75, 3.05) is 0 Å². The van der Waals surface area contributed by atoms with Gasteiger partial charge < -0.3 is 10.2 Å². The summed E-state index contributed by atoms with van der Waals surface area (Å²) in [5.74, 6) is -1.57. The van der Waals surface area contributed by atoms with Gasteiger partial charge in [0, 0.05) is 12.5 Å². The quantitative estimate of drug-likeness (QED) is 0.671. The molecule has 4 nitrogen and oxygen atoms in total. The van der Waals surface area contributed by atoms with Gasteiger partial charge in [0.2, 0.25) is 0 Å². The van der Waals surface area contributed by atoms with Gasteiger partial charge in [-0.2, -0.15) is 0 Å². The number of allylic oxidation sites excluding steroid dienone is 1. The van der Waals surface area contributed by atoms with E-state index in [-0.39, 0.29) is 0 Å². The van der Waals surface area contributed by atoms with Crippen molar-refractivity contribution < 1.29 is 19.8 Å². The maximum absolute atomic E-state index is 9.76. The SMILES string of the molecule is CCC=CC(=O)O.CCCCC(=O)O. The molecule has 0 saturated heterocycles. The lowest BCUT2D eigenvalue weighted by Gasteiger charge is -1.85. The highest BCUT2D eigenvalue weighted by molar-refractivity contribution is 5.79. The third kappa shape index (κ3) is 22.4. The molecule has 0 aromatic carbocycles. The van der Waals surface area contributed by atoms with Gasteiger partial charge in [-0.25, -0.2) is 4.79 Å². The van der Waals surface area contributed by atoms with Crippen molar-refractivity contribution in [2.45, 2.75) is 39.5 Å². The van der Waals surface area contributed by atoms with E-state index >= 15 is 0 Å². The number of unbranched alkanes of at least 4 members (excludes halogenated alkanes) is 1. The Morgan fingerprint density at radius 1 is 1.21 bits per heavy atom. The van der Waals surface area contributed by atoms with E-state index in [1.165, 1.54) is 0 Å². The van der Waals surface area contributed by atoms with E-state index in [0.717, 1.165) is 25.3 Å². The highest BCUT2D eigenvalue weighted by Gasteiger charge is 1.90. The van der Waals surface area contributed by atoms with Crippen LogP contribution in [0.5, 0.6) is 0 Å². The van der Waals surface area contributed by atoms with Crippen LogP contribution in [0.4, 0.5) is 0 Å². The van der Waals surface area contributed by atoms with Crippen LogP contribution in [0.2, 0.25) is 0 Å². The first-order valence-corrected chi connectivity index (χ1v) is 4.65. The van der Waals surface area contributed by atoms with Gasteiger partial charge in [-0.15, -0.1) is 0 Å². The zero-order chi connectivity index (χ0) is 11.4. The lowest BCUT2D eigenvalue weighted by atomic mass is 10.3. The molecular formula is C10H18O4. The average Bonchev–Trinajstić information content (AvgIpc) is 2.12. The predicted molar refractivity (Wildman–Crippen MR) is 54.2 cm³/mol. The van der Waals surface area contributed by atoms with Crippen LogP contribution in [-0.2, 0) is 9.59 Å². The third-order valence-corrected chi connectivity index (χ3v) is 1.24. The molecule has 2 N–H and O–H groups in total. The molecule has 0 aliphatic heterocycles. The molecule has 82 valence electrons. The van der Waals surface area contributed by atoms with E-state index < -0.39 is 11.9 Å². The van der Waals surface area contributed by atoms with E-state index in [1.807, 2.05) is 13.8 Å². The van der Waals surface area contributed by atoms with Crippen LogP contribution >= 0.6 is 0 Å². The molecule has 0 spiro atoms. The van der Waals surface area contributed by atoms with Gasteiger partial charge in [0.25, 0.3) is 0 Å². The van der Waals surface area contributed by atoms with Crippen LogP contribution in [-0.4, -0.2) is 22.2 Å². The largest absolute Gasteiger partial charge is 0.481 e. The molecule has 14 heavy (non-hydrogen) atoms. The van der Waals surface area contributed by atoms with Crippen molar-refractivity contribution in [1.29, 1.82) is 0 Å². The number of carboxylic acid groups (broad SMARTS) is 2. The molecule has 0 aromatic heterocycles. The van der Waals surface area contributed by atoms with Gasteiger partial charge in [0.1, 0.15) is 0 Å².